The van der Waals surface area contributed by atoms with Gasteiger partial charge in [-0.3, -0.25) is 0 Å². The molecule has 0 unspecified atom stereocenters. The molecule has 0 fully saturated rings. The molecule has 4 nitrogen and oxygen atoms in total. The Labute approximate surface area is 116 Å². The summed E-state index contributed by atoms with van der Waals surface area (Å²) >= 11 is 0. The predicted molar refractivity (Wildman–Crippen MR) is 79.0 cm³/mol. The average molecular weight is 266 g/mol. The number of nitrogens with zero attached hydrogens (tertiary/aromatic N) is 1. The van der Waals surface area contributed by atoms with Crippen molar-refractivity contribution in [3.8, 4) is 11.5 Å². The fraction of sp³-hybridized carbons (Fsp3) is 0.600. The van der Waals surface area contributed by atoms with Gasteiger partial charge in [-0.05, 0) is 46.1 Å². The molecule has 1 aromatic rings. The third kappa shape index (κ3) is 4.40. The van der Waals surface area contributed by atoms with E-state index in [0.717, 1.165) is 30.2 Å². The van der Waals surface area contributed by atoms with Crippen LogP contribution in [0.1, 0.15) is 19.4 Å². The molecule has 0 aromatic heterocycles. The number of benzene rings is 1. The van der Waals surface area contributed by atoms with Gasteiger partial charge < -0.3 is 19.7 Å². The van der Waals surface area contributed by atoms with Crippen molar-refractivity contribution in [3.05, 3.63) is 23.8 Å². The van der Waals surface area contributed by atoms with Crippen molar-refractivity contribution < 1.29 is 9.47 Å². The molecule has 0 radical (unpaired) electrons. The van der Waals surface area contributed by atoms with Gasteiger partial charge in [0.2, 0.25) is 0 Å². The van der Waals surface area contributed by atoms with E-state index in [-0.39, 0.29) is 5.54 Å². The lowest BCUT2D eigenvalue weighted by Crippen LogP contribution is -2.46. The van der Waals surface area contributed by atoms with Crippen LogP contribution in [0.15, 0.2) is 18.2 Å². The minimum absolute atomic E-state index is 0.117. The van der Waals surface area contributed by atoms with Gasteiger partial charge in [-0.25, -0.2) is 0 Å². The number of methoxy groups -OCH3 is 2. The molecule has 1 N–H and O–H groups in total. The SMILES string of the molecule is COc1ccc(OC)c(CNCC(C)(C)N(C)C)c1. The van der Waals surface area contributed by atoms with Crippen LogP contribution in [0.25, 0.3) is 0 Å². The minimum atomic E-state index is 0.117. The van der Waals surface area contributed by atoms with Gasteiger partial charge >= 0.3 is 0 Å². The Kier molecular flexibility index (Phi) is 5.63. The second-order valence-electron chi connectivity index (χ2n) is 5.49. The molecule has 1 rings (SSSR count). The van der Waals surface area contributed by atoms with E-state index in [4.69, 9.17) is 9.47 Å². The van der Waals surface area contributed by atoms with Crippen LogP contribution in [0, 0.1) is 0 Å². The van der Waals surface area contributed by atoms with Crippen molar-refractivity contribution in [2.24, 2.45) is 0 Å². The van der Waals surface area contributed by atoms with Crippen LogP contribution in [0.3, 0.4) is 0 Å². The maximum atomic E-state index is 5.37. The molecule has 0 heterocycles. The standard InChI is InChI=1S/C15H26N2O2/c1-15(2,17(3)4)11-16-10-12-9-13(18-5)7-8-14(12)19-6/h7-9,16H,10-11H2,1-6H3. The smallest absolute Gasteiger partial charge is 0.123 e. The number of hydrogen-bond acceptors (Lipinski definition) is 4. The maximum Gasteiger partial charge on any atom is 0.123 e. The number of likely N-dealkylation sites (N-methyl/N-ethyl adjacent to an activating group) is 1. The van der Waals surface area contributed by atoms with E-state index >= 15 is 0 Å². The molecule has 1 aromatic carbocycles. The quantitative estimate of drug-likeness (QED) is 0.820. The first-order valence-corrected chi connectivity index (χ1v) is 6.50. The van der Waals surface area contributed by atoms with Gasteiger partial charge in [0.15, 0.2) is 0 Å². The van der Waals surface area contributed by atoms with Gasteiger partial charge in [0.25, 0.3) is 0 Å². The Bertz CT molecular complexity index is 403. The molecular formula is C15H26N2O2. The highest BCUT2D eigenvalue weighted by molar-refractivity contribution is 5.40. The summed E-state index contributed by atoms with van der Waals surface area (Å²) in [6.45, 7) is 6.09. The van der Waals surface area contributed by atoms with Crippen LogP contribution in [0.4, 0.5) is 0 Å². The number of ether oxygens (including phenoxy) is 2. The highest BCUT2D eigenvalue weighted by Gasteiger charge is 2.19. The van der Waals surface area contributed by atoms with Gasteiger partial charge in [-0.1, -0.05) is 0 Å². The van der Waals surface area contributed by atoms with Crippen LogP contribution >= 0.6 is 0 Å². The van der Waals surface area contributed by atoms with E-state index in [1.54, 1.807) is 14.2 Å². The molecule has 0 aliphatic carbocycles. The van der Waals surface area contributed by atoms with Crippen molar-refractivity contribution in [1.82, 2.24) is 10.2 Å². The highest BCUT2D eigenvalue weighted by Crippen LogP contribution is 2.23. The molecule has 0 aliphatic heterocycles. The Hall–Kier alpha value is -1.26. The Morgan fingerprint density at radius 3 is 2.37 bits per heavy atom. The van der Waals surface area contributed by atoms with Crippen molar-refractivity contribution in [2.45, 2.75) is 25.9 Å². The monoisotopic (exact) mass is 266 g/mol. The molecule has 0 aliphatic rings. The van der Waals surface area contributed by atoms with E-state index in [1.165, 1.54) is 0 Å². The summed E-state index contributed by atoms with van der Waals surface area (Å²) in [5.41, 5.74) is 1.22. The Morgan fingerprint density at radius 1 is 1.16 bits per heavy atom. The Balaban J connectivity index is 2.66. The summed E-state index contributed by atoms with van der Waals surface area (Å²) in [7, 11) is 7.55. The fourth-order valence-corrected chi connectivity index (χ4v) is 1.68. The molecule has 0 atom stereocenters. The van der Waals surface area contributed by atoms with Gasteiger partial charge in [-0.15, -0.1) is 0 Å². The zero-order chi connectivity index (χ0) is 14.5. The van der Waals surface area contributed by atoms with Gasteiger partial charge in [0, 0.05) is 24.2 Å². The average Bonchev–Trinajstić information content (AvgIpc) is 2.38. The molecule has 19 heavy (non-hydrogen) atoms. The summed E-state index contributed by atoms with van der Waals surface area (Å²) in [5, 5.41) is 3.47. The van der Waals surface area contributed by atoms with E-state index in [1.807, 2.05) is 18.2 Å². The first kappa shape index (κ1) is 15.8. The van der Waals surface area contributed by atoms with Crippen LogP contribution in [-0.2, 0) is 6.54 Å². The molecule has 0 spiro atoms. The first-order valence-electron chi connectivity index (χ1n) is 6.50. The summed E-state index contributed by atoms with van der Waals surface area (Å²) in [5.74, 6) is 1.74. The third-order valence-electron chi connectivity index (χ3n) is 3.57. The summed E-state index contributed by atoms with van der Waals surface area (Å²) in [4.78, 5) is 2.21. The zero-order valence-electron chi connectivity index (χ0n) is 12.9. The van der Waals surface area contributed by atoms with Crippen molar-refractivity contribution in [1.29, 1.82) is 0 Å². The molecule has 0 saturated carbocycles. The largest absolute Gasteiger partial charge is 0.497 e. The van der Waals surface area contributed by atoms with Crippen molar-refractivity contribution in [2.75, 3.05) is 34.9 Å². The van der Waals surface area contributed by atoms with Crippen LogP contribution in [0.2, 0.25) is 0 Å². The third-order valence-corrected chi connectivity index (χ3v) is 3.57. The number of rotatable bonds is 7. The molecule has 0 bridgehead atoms. The van der Waals surface area contributed by atoms with E-state index < -0.39 is 0 Å². The van der Waals surface area contributed by atoms with E-state index in [9.17, 15) is 0 Å². The maximum absolute atomic E-state index is 5.37. The minimum Gasteiger partial charge on any atom is -0.497 e. The summed E-state index contributed by atoms with van der Waals surface area (Å²) in [6, 6.07) is 5.85. The highest BCUT2D eigenvalue weighted by atomic mass is 16.5. The fourth-order valence-electron chi connectivity index (χ4n) is 1.68. The van der Waals surface area contributed by atoms with Crippen LogP contribution < -0.4 is 14.8 Å². The molecule has 108 valence electrons. The lowest BCUT2D eigenvalue weighted by Gasteiger charge is -2.32. The van der Waals surface area contributed by atoms with E-state index in [0.29, 0.717) is 0 Å². The van der Waals surface area contributed by atoms with Gasteiger partial charge in [-0.2, -0.15) is 0 Å². The summed E-state index contributed by atoms with van der Waals surface area (Å²) < 4.78 is 10.6. The first-order chi connectivity index (χ1) is 8.90. The van der Waals surface area contributed by atoms with Crippen molar-refractivity contribution in [3.63, 3.8) is 0 Å². The number of hydrogen-bond donors (Lipinski definition) is 1. The molecule has 0 amide bonds. The topological polar surface area (TPSA) is 33.7 Å². The van der Waals surface area contributed by atoms with E-state index in [2.05, 4.69) is 38.2 Å². The van der Waals surface area contributed by atoms with Crippen molar-refractivity contribution >= 4 is 0 Å². The normalized spacial score (nSPS) is 11.7. The predicted octanol–water partition coefficient (Wildman–Crippen LogP) is 2.13. The second kappa shape index (κ2) is 6.78. The molecule has 0 saturated heterocycles. The molecular weight excluding hydrogens is 240 g/mol. The Morgan fingerprint density at radius 2 is 1.84 bits per heavy atom. The van der Waals surface area contributed by atoms with Gasteiger partial charge in [0.05, 0.1) is 14.2 Å². The summed E-state index contributed by atoms with van der Waals surface area (Å²) in [6.07, 6.45) is 0. The van der Waals surface area contributed by atoms with Crippen LogP contribution in [-0.4, -0.2) is 45.3 Å². The van der Waals surface area contributed by atoms with Gasteiger partial charge in [0.1, 0.15) is 11.5 Å². The lowest BCUT2D eigenvalue weighted by molar-refractivity contribution is 0.189. The zero-order valence-corrected chi connectivity index (χ0v) is 12.9. The molecule has 4 heteroatoms. The number of nitrogens with one attached hydrogen (secondary N) is 1. The second-order valence-corrected chi connectivity index (χ2v) is 5.49. The van der Waals surface area contributed by atoms with Crippen LogP contribution in [0.5, 0.6) is 11.5 Å². The lowest BCUT2D eigenvalue weighted by atomic mass is 10.0.